The molecule has 2 rings (SSSR count). The zero-order chi connectivity index (χ0) is 16.5. The second kappa shape index (κ2) is 6.08. The third-order valence-corrected chi connectivity index (χ3v) is 3.68. The number of hydrogen-bond donors (Lipinski definition) is 3. The quantitative estimate of drug-likeness (QED) is 0.545. The van der Waals surface area contributed by atoms with Gasteiger partial charge in [0.05, 0.1) is 18.5 Å². The lowest BCUT2D eigenvalue weighted by molar-refractivity contribution is 0.416. The standard InChI is InChI=1S/C10H9Cl2N5O4S/c1-21-6-2-4(13)7(22(18,19)20)3-5(6)14-10-16-8(11)15-9(12)17-10/h2-3H,13H2,1H3,(H,18,19,20)(H,14,15,16,17). The van der Waals surface area contributed by atoms with Gasteiger partial charge in [-0.15, -0.1) is 0 Å². The number of nitrogens with zero attached hydrogens (tertiary/aromatic N) is 3. The third-order valence-electron chi connectivity index (χ3n) is 2.44. The fourth-order valence-electron chi connectivity index (χ4n) is 1.57. The van der Waals surface area contributed by atoms with Crippen molar-refractivity contribution in [2.24, 2.45) is 0 Å². The molecule has 0 amide bonds. The number of benzene rings is 1. The summed E-state index contributed by atoms with van der Waals surface area (Å²) in [5.41, 5.74) is 5.51. The maximum atomic E-state index is 11.3. The molecule has 0 fully saturated rings. The van der Waals surface area contributed by atoms with Crippen LogP contribution in [0.25, 0.3) is 0 Å². The van der Waals surface area contributed by atoms with Gasteiger partial charge in [0, 0.05) is 6.07 Å². The van der Waals surface area contributed by atoms with E-state index in [1.165, 1.54) is 13.2 Å². The Bertz CT molecular complexity index is 810. The van der Waals surface area contributed by atoms with Gasteiger partial charge in [-0.2, -0.15) is 23.4 Å². The second-order valence-corrected chi connectivity index (χ2v) is 5.95. The summed E-state index contributed by atoms with van der Waals surface area (Å²) in [5.74, 6) is 0.145. The van der Waals surface area contributed by atoms with E-state index in [1.54, 1.807) is 0 Å². The van der Waals surface area contributed by atoms with E-state index >= 15 is 0 Å². The molecule has 9 nitrogen and oxygen atoms in total. The van der Waals surface area contributed by atoms with Gasteiger partial charge in [0.25, 0.3) is 10.1 Å². The molecule has 118 valence electrons. The molecule has 0 atom stereocenters. The van der Waals surface area contributed by atoms with Crippen LogP contribution in [0, 0.1) is 0 Å². The Labute approximate surface area is 135 Å². The second-order valence-electron chi connectivity index (χ2n) is 3.89. The van der Waals surface area contributed by atoms with Gasteiger partial charge in [0.15, 0.2) is 0 Å². The Balaban J connectivity index is 2.53. The summed E-state index contributed by atoms with van der Waals surface area (Å²) in [7, 11) is -3.17. The lowest BCUT2D eigenvalue weighted by Gasteiger charge is -2.13. The van der Waals surface area contributed by atoms with Gasteiger partial charge < -0.3 is 15.8 Å². The minimum Gasteiger partial charge on any atom is -0.494 e. The molecule has 0 unspecified atom stereocenters. The van der Waals surface area contributed by atoms with Gasteiger partial charge in [0.2, 0.25) is 16.5 Å². The van der Waals surface area contributed by atoms with Gasteiger partial charge in [-0.1, -0.05) is 0 Å². The molecule has 2 aromatic rings. The Morgan fingerprint density at radius 3 is 2.32 bits per heavy atom. The smallest absolute Gasteiger partial charge is 0.296 e. The summed E-state index contributed by atoms with van der Waals surface area (Å²) in [6.45, 7) is 0. The van der Waals surface area contributed by atoms with E-state index in [9.17, 15) is 8.42 Å². The van der Waals surface area contributed by atoms with Crippen molar-refractivity contribution in [1.29, 1.82) is 0 Å². The van der Waals surface area contributed by atoms with E-state index in [0.29, 0.717) is 0 Å². The van der Waals surface area contributed by atoms with Crippen molar-refractivity contribution >= 4 is 50.6 Å². The Morgan fingerprint density at radius 2 is 1.82 bits per heavy atom. The Morgan fingerprint density at radius 1 is 1.23 bits per heavy atom. The minimum atomic E-state index is -4.52. The van der Waals surface area contributed by atoms with Crippen LogP contribution < -0.4 is 15.8 Å². The minimum absolute atomic E-state index is 0.0469. The van der Waals surface area contributed by atoms with Crippen molar-refractivity contribution in [2.75, 3.05) is 18.2 Å². The molecule has 12 heteroatoms. The summed E-state index contributed by atoms with van der Waals surface area (Å²) in [5, 5.41) is 2.34. The third kappa shape index (κ3) is 3.65. The molecular weight excluding hydrogens is 357 g/mol. The van der Waals surface area contributed by atoms with Gasteiger partial charge in [-0.3, -0.25) is 4.55 Å². The molecule has 4 N–H and O–H groups in total. The van der Waals surface area contributed by atoms with E-state index in [2.05, 4.69) is 20.3 Å². The molecule has 1 aromatic heterocycles. The van der Waals surface area contributed by atoms with E-state index in [1.807, 2.05) is 0 Å². The first-order chi connectivity index (χ1) is 10.2. The normalized spacial score (nSPS) is 11.3. The molecule has 0 spiro atoms. The number of hydrogen-bond acceptors (Lipinski definition) is 8. The molecule has 1 heterocycles. The van der Waals surface area contributed by atoms with Crippen LogP contribution in [-0.4, -0.2) is 35.0 Å². The van der Waals surface area contributed by atoms with Crippen LogP contribution in [0.1, 0.15) is 0 Å². The van der Waals surface area contributed by atoms with Gasteiger partial charge in [0.1, 0.15) is 10.6 Å². The molecule has 0 radical (unpaired) electrons. The van der Waals surface area contributed by atoms with Crippen LogP contribution in [-0.2, 0) is 10.1 Å². The fourth-order valence-corrected chi connectivity index (χ4v) is 2.55. The highest BCUT2D eigenvalue weighted by Crippen LogP contribution is 2.33. The van der Waals surface area contributed by atoms with Crippen LogP contribution >= 0.6 is 23.2 Å². The molecule has 1 aromatic carbocycles. The number of nitrogens with one attached hydrogen (secondary N) is 1. The van der Waals surface area contributed by atoms with Crippen molar-refractivity contribution in [2.45, 2.75) is 4.90 Å². The molecule has 0 bridgehead atoms. The van der Waals surface area contributed by atoms with E-state index in [-0.39, 0.29) is 33.6 Å². The largest absolute Gasteiger partial charge is 0.494 e. The van der Waals surface area contributed by atoms with Crippen molar-refractivity contribution < 1.29 is 17.7 Å². The van der Waals surface area contributed by atoms with E-state index in [0.717, 1.165) is 6.07 Å². The summed E-state index contributed by atoms with van der Waals surface area (Å²) < 4.78 is 36.8. The summed E-state index contributed by atoms with van der Waals surface area (Å²) in [6.07, 6.45) is 0. The summed E-state index contributed by atoms with van der Waals surface area (Å²) >= 11 is 11.3. The Kier molecular flexibility index (Phi) is 4.56. The number of rotatable bonds is 4. The van der Waals surface area contributed by atoms with Crippen molar-refractivity contribution in [3.63, 3.8) is 0 Å². The van der Waals surface area contributed by atoms with Crippen molar-refractivity contribution in [1.82, 2.24) is 15.0 Å². The van der Waals surface area contributed by atoms with E-state index in [4.69, 9.17) is 38.2 Å². The average Bonchev–Trinajstić information content (AvgIpc) is 2.37. The average molecular weight is 366 g/mol. The number of halogens is 2. The van der Waals surface area contributed by atoms with Crippen molar-refractivity contribution in [3.8, 4) is 5.75 Å². The molecule has 0 aliphatic rings. The number of nitrogens with two attached hydrogens (primary N) is 1. The maximum Gasteiger partial charge on any atom is 0.296 e. The molecule has 0 saturated carbocycles. The SMILES string of the molecule is COc1cc(N)c(S(=O)(=O)O)cc1Nc1nc(Cl)nc(Cl)n1. The topological polar surface area (TPSA) is 140 Å². The van der Waals surface area contributed by atoms with Gasteiger partial charge in [-0.25, -0.2) is 0 Å². The highest BCUT2D eigenvalue weighted by Gasteiger charge is 2.19. The monoisotopic (exact) mass is 365 g/mol. The molecule has 0 saturated heterocycles. The number of ether oxygens (including phenoxy) is 1. The highest BCUT2D eigenvalue weighted by molar-refractivity contribution is 7.86. The van der Waals surface area contributed by atoms with Crippen LogP contribution in [0.2, 0.25) is 10.6 Å². The van der Waals surface area contributed by atoms with Crippen LogP contribution in [0.4, 0.5) is 17.3 Å². The number of aromatic nitrogens is 3. The zero-order valence-electron chi connectivity index (χ0n) is 10.9. The lowest BCUT2D eigenvalue weighted by Crippen LogP contribution is -2.07. The number of anilines is 3. The van der Waals surface area contributed by atoms with Gasteiger partial charge >= 0.3 is 0 Å². The lowest BCUT2D eigenvalue weighted by atomic mass is 10.2. The highest BCUT2D eigenvalue weighted by atomic mass is 35.5. The zero-order valence-corrected chi connectivity index (χ0v) is 13.2. The molecule has 0 aliphatic heterocycles. The predicted octanol–water partition coefficient (Wildman–Crippen LogP) is 1.76. The molecular formula is C10H9Cl2N5O4S. The first-order valence-electron chi connectivity index (χ1n) is 5.50. The predicted molar refractivity (Wildman–Crippen MR) is 80.4 cm³/mol. The number of methoxy groups -OCH3 is 1. The van der Waals surface area contributed by atoms with Gasteiger partial charge in [-0.05, 0) is 29.3 Å². The Hall–Kier alpha value is -1.88. The molecule has 22 heavy (non-hydrogen) atoms. The maximum absolute atomic E-state index is 11.3. The summed E-state index contributed by atoms with van der Waals surface area (Å²) in [4.78, 5) is 10.6. The van der Waals surface area contributed by atoms with Crippen LogP contribution in [0.5, 0.6) is 5.75 Å². The summed E-state index contributed by atoms with van der Waals surface area (Å²) in [6, 6.07) is 2.28. The van der Waals surface area contributed by atoms with Crippen LogP contribution in [0.3, 0.4) is 0 Å². The van der Waals surface area contributed by atoms with Crippen molar-refractivity contribution in [3.05, 3.63) is 22.7 Å². The first kappa shape index (κ1) is 16.5. The fraction of sp³-hybridized carbons (Fsp3) is 0.100. The van der Waals surface area contributed by atoms with E-state index < -0.39 is 15.0 Å². The number of nitrogen functional groups attached to an aromatic ring is 1. The van der Waals surface area contributed by atoms with Crippen LogP contribution in [0.15, 0.2) is 17.0 Å². The molecule has 0 aliphatic carbocycles. The first-order valence-corrected chi connectivity index (χ1v) is 7.69.